The standard InChI is InChI=1S/C4H6O3/c1-2-7-4(6)3-5/h1-3H2. The van der Waals surface area contributed by atoms with Crippen molar-refractivity contribution in [2.75, 3.05) is 13.2 Å². The Morgan fingerprint density at radius 1 is 1.71 bits per heavy atom. The van der Waals surface area contributed by atoms with Crippen LogP contribution in [0.15, 0.2) is 0 Å². The van der Waals surface area contributed by atoms with E-state index in [2.05, 4.69) is 11.7 Å². The number of esters is 1. The first-order valence-corrected chi connectivity index (χ1v) is 1.84. The fourth-order valence-corrected chi connectivity index (χ4v) is 0.156. The van der Waals surface area contributed by atoms with Gasteiger partial charge < -0.3 is 4.74 Å². The van der Waals surface area contributed by atoms with Crippen LogP contribution in [-0.2, 0) is 14.6 Å². The molecule has 0 fully saturated rings. The quantitative estimate of drug-likeness (QED) is 0.453. The number of carbonyl (C=O) groups excluding carboxylic acids is 1. The summed E-state index contributed by atoms with van der Waals surface area (Å²) in [5, 5.41) is 9.52. The number of ether oxygens (including phenoxy) is 1. The minimum absolute atomic E-state index is 0.0427. The largest absolute Gasteiger partial charge is 0.464 e. The lowest BCUT2D eigenvalue weighted by atomic mass is 10.7. The highest BCUT2D eigenvalue weighted by atomic mass is 16.5. The van der Waals surface area contributed by atoms with E-state index in [1.165, 1.54) is 0 Å². The maximum atomic E-state index is 9.84. The van der Waals surface area contributed by atoms with E-state index in [0.717, 1.165) is 0 Å². The van der Waals surface area contributed by atoms with E-state index in [0.29, 0.717) is 0 Å². The maximum Gasteiger partial charge on any atom is 0.335 e. The molecule has 0 aliphatic carbocycles. The van der Waals surface area contributed by atoms with Crippen LogP contribution in [0.5, 0.6) is 0 Å². The number of carbonyl (C=O) groups is 1. The van der Waals surface area contributed by atoms with E-state index in [1.54, 1.807) is 0 Å². The van der Waals surface area contributed by atoms with Crippen LogP contribution in [0, 0.1) is 6.92 Å². The molecule has 3 nitrogen and oxygen atoms in total. The summed E-state index contributed by atoms with van der Waals surface area (Å²) in [7, 11) is 0. The molecule has 7 heavy (non-hydrogen) atoms. The smallest absolute Gasteiger partial charge is 0.335 e. The van der Waals surface area contributed by atoms with E-state index in [-0.39, 0.29) is 6.61 Å². The average molecular weight is 102 g/mol. The Labute approximate surface area is 41.9 Å². The van der Waals surface area contributed by atoms with E-state index in [9.17, 15) is 9.90 Å². The predicted molar refractivity (Wildman–Crippen MR) is 21.9 cm³/mol. The Morgan fingerprint density at radius 2 is 2.29 bits per heavy atom. The molecule has 0 unspecified atom stereocenters. The van der Waals surface area contributed by atoms with Gasteiger partial charge in [-0.1, -0.05) is 0 Å². The molecule has 2 radical (unpaired) electrons. The van der Waals surface area contributed by atoms with E-state index >= 15 is 0 Å². The van der Waals surface area contributed by atoms with Crippen LogP contribution in [0.4, 0.5) is 0 Å². The number of rotatable bonds is 2. The molecule has 0 aromatic heterocycles. The lowest BCUT2D eigenvalue weighted by Crippen LogP contribution is -2.06. The van der Waals surface area contributed by atoms with E-state index < -0.39 is 12.6 Å². The van der Waals surface area contributed by atoms with Gasteiger partial charge in [0.25, 0.3) is 0 Å². The third kappa shape index (κ3) is 3.26. The summed E-state index contributed by atoms with van der Waals surface area (Å²) in [4.78, 5) is 9.84. The van der Waals surface area contributed by atoms with Crippen LogP contribution in [0.1, 0.15) is 0 Å². The molecule has 0 spiro atoms. The Morgan fingerprint density at radius 3 is 2.43 bits per heavy atom. The maximum absolute atomic E-state index is 9.84. The molecule has 0 amide bonds. The predicted octanol–water partition coefficient (Wildman–Crippen LogP) is -0.206. The molecule has 0 aliphatic heterocycles. The summed E-state index contributed by atoms with van der Waals surface area (Å²) < 4.78 is 4.13. The van der Waals surface area contributed by atoms with Crippen molar-refractivity contribution in [1.29, 1.82) is 0 Å². The molecule has 0 N–H and O–H groups in total. The second-order valence-electron chi connectivity index (χ2n) is 0.865. The van der Waals surface area contributed by atoms with E-state index in [1.807, 2.05) is 0 Å². The Kier molecular flexibility index (Phi) is 3.32. The van der Waals surface area contributed by atoms with Gasteiger partial charge in [0.1, 0.15) is 0 Å². The lowest BCUT2D eigenvalue weighted by Gasteiger charge is -1.92. The van der Waals surface area contributed by atoms with Gasteiger partial charge in [0.2, 0.25) is 0 Å². The highest BCUT2D eigenvalue weighted by Gasteiger charge is 1.94. The first-order chi connectivity index (χ1) is 3.31. The first kappa shape index (κ1) is 6.43. The molecule has 0 saturated carbocycles. The summed E-state index contributed by atoms with van der Waals surface area (Å²) in [5.41, 5.74) is 0. The summed E-state index contributed by atoms with van der Waals surface area (Å²) in [5.74, 6) is -0.741. The topological polar surface area (TPSA) is 46.2 Å². The first-order valence-electron chi connectivity index (χ1n) is 1.84. The lowest BCUT2D eigenvalue weighted by molar-refractivity contribution is -0.147. The molecule has 0 saturated heterocycles. The van der Waals surface area contributed by atoms with Gasteiger partial charge in [-0.15, -0.1) is 0 Å². The summed E-state index contributed by atoms with van der Waals surface area (Å²) in [6, 6.07) is 0. The van der Waals surface area contributed by atoms with Gasteiger partial charge in [-0.2, -0.15) is 0 Å². The van der Waals surface area contributed by atoms with Gasteiger partial charge in [-0.3, -0.25) is 0 Å². The molecule has 0 aromatic rings. The van der Waals surface area contributed by atoms with Gasteiger partial charge in [0, 0.05) is 0 Å². The zero-order valence-electron chi connectivity index (χ0n) is 3.85. The van der Waals surface area contributed by atoms with Crippen molar-refractivity contribution in [2.24, 2.45) is 0 Å². The van der Waals surface area contributed by atoms with Crippen molar-refractivity contribution >= 4 is 5.97 Å². The zero-order valence-corrected chi connectivity index (χ0v) is 3.85. The number of hydrogen-bond acceptors (Lipinski definition) is 2. The normalized spacial score (nSPS) is 8.29. The minimum Gasteiger partial charge on any atom is -0.464 e. The zero-order chi connectivity index (χ0) is 5.70. The molecule has 0 bridgehead atoms. The molecule has 0 aromatic carbocycles. The van der Waals surface area contributed by atoms with Crippen molar-refractivity contribution < 1.29 is 14.6 Å². The molecule has 0 aliphatic rings. The third-order valence-electron chi connectivity index (χ3n) is 0.381. The third-order valence-corrected chi connectivity index (χ3v) is 0.381. The van der Waals surface area contributed by atoms with Crippen LogP contribution in [0.2, 0.25) is 0 Å². The molecule has 0 atom stereocenters. The van der Waals surface area contributed by atoms with Crippen LogP contribution in [0.25, 0.3) is 0 Å². The Balaban J connectivity index is 3.00. The van der Waals surface area contributed by atoms with Crippen molar-refractivity contribution in [3.8, 4) is 0 Å². The van der Waals surface area contributed by atoms with Crippen molar-refractivity contribution in [2.45, 2.75) is 0 Å². The van der Waals surface area contributed by atoms with Crippen LogP contribution in [0.3, 0.4) is 0 Å². The van der Waals surface area contributed by atoms with Gasteiger partial charge in [0.15, 0.2) is 6.61 Å². The van der Waals surface area contributed by atoms with Crippen LogP contribution in [-0.4, -0.2) is 19.2 Å². The minimum atomic E-state index is -0.810. The van der Waals surface area contributed by atoms with Crippen LogP contribution < -0.4 is 0 Å². The van der Waals surface area contributed by atoms with E-state index in [4.69, 9.17) is 0 Å². The molecule has 40 valence electrons. The van der Waals surface area contributed by atoms with Crippen molar-refractivity contribution in [3.05, 3.63) is 6.92 Å². The number of hydrogen-bond donors (Lipinski definition) is 0. The molecule has 3 heteroatoms. The summed E-state index contributed by atoms with van der Waals surface area (Å²) in [6.45, 7) is 2.42. The molecular weight excluding hydrogens is 96.0 g/mol. The summed E-state index contributed by atoms with van der Waals surface area (Å²) in [6.07, 6.45) is 0. The van der Waals surface area contributed by atoms with Gasteiger partial charge in [-0.25, -0.2) is 9.90 Å². The SMILES string of the molecule is [CH2]COC(=O)C[O]. The second-order valence-corrected chi connectivity index (χ2v) is 0.865. The Hall–Kier alpha value is -0.570. The fourth-order valence-electron chi connectivity index (χ4n) is 0.156. The van der Waals surface area contributed by atoms with Gasteiger partial charge in [-0.05, 0) is 6.92 Å². The fraction of sp³-hybridized carbons (Fsp3) is 0.500. The molecule has 0 heterocycles. The second kappa shape index (κ2) is 3.61. The highest BCUT2D eigenvalue weighted by molar-refractivity contribution is 5.70. The summed E-state index contributed by atoms with van der Waals surface area (Å²) >= 11 is 0. The molecular formula is C4H6O3. The monoisotopic (exact) mass is 102 g/mol. The highest BCUT2D eigenvalue weighted by Crippen LogP contribution is 1.71. The van der Waals surface area contributed by atoms with Gasteiger partial charge >= 0.3 is 5.97 Å². The average Bonchev–Trinajstić information content (AvgIpc) is 1.68. The van der Waals surface area contributed by atoms with Crippen LogP contribution >= 0.6 is 0 Å². The van der Waals surface area contributed by atoms with Gasteiger partial charge in [0.05, 0.1) is 6.61 Å². The van der Waals surface area contributed by atoms with Crippen molar-refractivity contribution in [3.63, 3.8) is 0 Å². The molecule has 0 rings (SSSR count). The van der Waals surface area contributed by atoms with Crippen molar-refractivity contribution in [1.82, 2.24) is 0 Å². The Bertz CT molecular complexity index is 60.0.